The van der Waals surface area contributed by atoms with Gasteiger partial charge in [0.1, 0.15) is 17.4 Å². The molecule has 1 fully saturated rings. The number of carbonyl (C=O) groups excluding carboxylic acids is 1. The second-order valence-corrected chi connectivity index (χ2v) is 12.0. The molecule has 0 atom stereocenters. The molecule has 0 bridgehead atoms. The number of carbonyl (C=O) groups is 1. The van der Waals surface area contributed by atoms with Crippen LogP contribution < -0.4 is 10.1 Å². The second kappa shape index (κ2) is 12.2. The molecule has 2 aliphatic carbocycles. The standard InChI is InChI=1S/C29H29Cl3N2O2S/c30-20-11-13-25(36-17-18-10-12-23(31)24(32)14-18)19(15-20)16-33-29-27(22-8-4-5-9-26(22)37-29)28(35)34-21-6-2-1-3-7-21/h10-16,21H,1-9,17H2,(H,34,35). The Morgan fingerprint density at radius 3 is 2.62 bits per heavy atom. The van der Waals surface area contributed by atoms with Crippen molar-refractivity contribution in [3.63, 3.8) is 0 Å². The fourth-order valence-electron chi connectivity index (χ4n) is 5.05. The lowest BCUT2D eigenvalue weighted by molar-refractivity contribution is 0.0927. The minimum atomic E-state index is 0.0145. The van der Waals surface area contributed by atoms with E-state index in [1.54, 1.807) is 35.8 Å². The van der Waals surface area contributed by atoms with E-state index < -0.39 is 0 Å². The molecule has 0 saturated heterocycles. The molecule has 4 nitrogen and oxygen atoms in total. The number of hydrogen-bond acceptors (Lipinski definition) is 4. The van der Waals surface area contributed by atoms with Gasteiger partial charge in [-0.1, -0.05) is 60.1 Å². The number of nitrogens with one attached hydrogen (secondary N) is 1. The van der Waals surface area contributed by atoms with Gasteiger partial charge in [-0.3, -0.25) is 4.79 Å². The lowest BCUT2D eigenvalue weighted by Crippen LogP contribution is -2.36. The van der Waals surface area contributed by atoms with Gasteiger partial charge in [-0.2, -0.15) is 0 Å². The number of nitrogens with zero attached hydrogens (tertiary/aromatic N) is 1. The minimum absolute atomic E-state index is 0.0145. The van der Waals surface area contributed by atoms with E-state index in [-0.39, 0.29) is 11.9 Å². The molecule has 37 heavy (non-hydrogen) atoms. The van der Waals surface area contributed by atoms with Crippen molar-refractivity contribution < 1.29 is 9.53 Å². The number of ether oxygens (including phenoxy) is 1. The number of benzene rings is 2. The zero-order valence-corrected chi connectivity index (χ0v) is 23.6. The van der Waals surface area contributed by atoms with E-state index in [9.17, 15) is 4.79 Å². The monoisotopic (exact) mass is 574 g/mol. The van der Waals surface area contributed by atoms with Crippen molar-refractivity contribution in [3.8, 4) is 5.75 Å². The Morgan fingerprint density at radius 2 is 1.81 bits per heavy atom. The summed E-state index contributed by atoms with van der Waals surface area (Å²) in [5, 5.41) is 5.65. The third kappa shape index (κ3) is 6.51. The predicted molar refractivity (Wildman–Crippen MR) is 155 cm³/mol. The van der Waals surface area contributed by atoms with Gasteiger partial charge >= 0.3 is 0 Å². The molecule has 1 amide bonds. The van der Waals surface area contributed by atoms with Crippen LogP contribution in [0.5, 0.6) is 5.75 Å². The van der Waals surface area contributed by atoms with Crippen LogP contribution in [0.1, 0.15) is 76.9 Å². The molecule has 0 spiro atoms. The summed E-state index contributed by atoms with van der Waals surface area (Å²) in [5.41, 5.74) is 3.58. The van der Waals surface area contributed by atoms with Gasteiger partial charge in [-0.15, -0.1) is 11.3 Å². The Bertz CT molecular complexity index is 1310. The van der Waals surface area contributed by atoms with E-state index in [0.29, 0.717) is 27.4 Å². The van der Waals surface area contributed by atoms with Gasteiger partial charge in [-0.25, -0.2) is 4.99 Å². The fraction of sp³-hybridized carbons (Fsp3) is 0.379. The number of aryl methyl sites for hydroxylation is 1. The Kier molecular flexibility index (Phi) is 8.76. The zero-order chi connectivity index (χ0) is 25.8. The lowest BCUT2D eigenvalue weighted by Gasteiger charge is -2.23. The van der Waals surface area contributed by atoms with Crippen molar-refractivity contribution in [2.24, 2.45) is 4.99 Å². The average Bonchev–Trinajstić information content (AvgIpc) is 3.28. The Hall–Kier alpha value is -2.05. The SMILES string of the molecule is O=C(NC1CCCCC1)c1c(N=Cc2cc(Cl)ccc2OCc2ccc(Cl)c(Cl)c2)sc2c1CCCC2. The van der Waals surface area contributed by atoms with Crippen LogP contribution in [0.25, 0.3) is 0 Å². The molecular weight excluding hydrogens is 547 g/mol. The van der Waals surface area contributed by atoms with E-state index >= 15 is 0 Å². The molecular formula is C29H29Cl3N2O2S. The normalized spacial score (nSPS) is 16.1. The highest BCUT2D eigenvalue weighted by Crippen LogP contribution is 2.40. The topological polar surface area (TPSA) is 50.7 Å². The molecule has 5 rings (SSSR count). The van der Waals surface area contributed by atoms with Crippen LogP contribution in [0.4, 0.5) is 5.00 Å². The third-order valence-corrected chi connectivity index (χ3v) is 9.17. The van der Waals surface area contributed by atoms with Crippen LogP contribution in [0.2, 0.25) is 15.1 Å². The number of fused-ring (bicyclic) bond motifs is 1. The van der Waals surface area contributed by atoms with Crippen molar-refractivity contribution in [2.75, 3.05) is 0 Å². The summed E-state index contributed by atoms with van der Waals surface area (Å²) in [6.07, 6.45) is 11.7. The van der Waals surface area contributed by atoms with Gasteiger partial charge < -0.3 is 10.1 Å². The molecule has 8 heteroatoms. The average molecular weight is 576 g/mol. The number of aliphatic imine (C=N–C) groups is 1. The summed E-state index contributed by atoms with van der Waals surface area (Å²) in [5.74, 6) is 0.661. The van der Waals surface area contributed by atoms with Crippen molar-refractivity contribution in [2.45, 2.75) is 70.4 Å². The number of hydrogen-bond donors (Lipinski definition) is 1. The number of amides is 1. The van der Waals surface area contributed by atoms with Gasteiger partial charge in [-0.05, 0) is 80.0 Å². The van der Waals surface area contributed by atoms with Crippen LogP contribution in [-0.2, 0) is 19.4 Å². The summed E-state index contributed by atoms with van der Waals surface area (Å²) in [7, 11) is 0. The molecule has 194 valence electrons. The maximum Gasteiger partial charge on any atom is 0.254 e. The fourth-order valence-corrected chi connectivity index (χ4v) is 6.78. The van der Waals surface area contributed by atoms with Crippen molar-refractivity contribution in [1.82, 2.24) is 5.32 Å². The molecule has 0 aliphatic heterocycles. The first kappa shape index (κ1) is 26.6. The first-order valence-electron chi connectivity index (χ1n) is 12.8. The summed E-state index contributed by atoms with van der Waals surface area (Å²) in [4.78, 5) is 19.6. The summed E-state index contributed by atoms with van der Waals surface area (Å²) < 4.78 is 6.09. The van der Waals surface area contributed by atoms with Gasteiger partial charge in [0, 0.05) is 27.7 Å². The van der Waals surface area contributed by atoms with Crippen molar-refractivity contribution in [3.05, 3.63) is 78.6 Å². The van der Waals surface area contributed by atoms with Gasteiger partial charge in [0.2, 0.25) is 0 Å². The quantitative estimate of drug-likeness (QED) is 0.286. The Balaban J connectivity index is 1.40. The highest BCUT2D eigenvalue weighted by molar-refractivity contribution is 7.16. The van der Waals surface area contributed by atoms with Crippen molar-refractivity contribution in [1.29, 1.82) is 0 Å². The van der Waals surface area contributed by atoms with Crippen LogP contribution in [0.15, 0.2) is 41.4 Å². The number of thiophene rings is 1. The van der Waals surface area contributed by atoms with E-state index in [1.165, 1.54) is 29.7 Å². The highest BCUT2D eigenvalue weighted by Gasteiger charge is 2.27. The molecule has 0 radical (unpaired) electrons. The largest absolute Gasteiger partial charge is 0.488 e. The lowest BCUT2D eigenvalue weighted by atomic mass is 9.93. The van der Waals surface area contributed by atoms with E-state index in [4.69, 9.17) is 44.5 Å². The van der Waals surface area contributed by atoms with Crippen molar-refractivity contribution >= 4 is 63.3 Å². The smallest absolute Gasteiger partial charge is 0.254 e. The first-order chi connectivity index (χ1) is 18.0. The number of rotatable bonds is 7. The molecule has 1 N–H and O–H groups in total. The van der Waals surface area contributed by atoms with Crippen LogP contribution in [0.3, 0.4) is 0 Å². The first-order valence-corrected chi connectivity index (χ1v) is 14.8. The molecule has 1 heterocycles. The van der Waals surface area contributed by atoms with E-state index in [1.807, 2.05) is 18.2 Å². The minimum Gasteiger partial charge on any atom is -0.488 e. The van der Waals surface area contributed by atoms with E-state index in [2.05, 4.69) is 5.32 Å². The summed E-state index contributed by atoms with van der Waals surface area (Å²) in [6.45, 7) is 0.321. The summed E-state index contributed by atoms with van der Waals surface area (Å²) >= 11 is 20.1. The molecule has 1 saturated carbocycles. The van der Waals surface area contributed by atoms with Crippen LogP contribution >= 0.6 is 46.1 Å². The molecule has 2 aromatic carbocycles. The van der Waals surface area contributed by atoms with Gasteiger partial charge in [0.25, 0.3) is 5.91 Å². The Morgan fingerprint density at radius 1 is 1.00 bits per heavy atom. The maximum atomic E-state index is 13.5. The second-order valence-electron chi connectivity index (χ2n) is 9.68. The van der Waals surface area contributed by atoms with Gasteiger partial charge in [0.15, 0.2) is 0 Å². The molecule has 0 unspecified atom stereocenters. The molecule has 2 aliphatic rings. The van der Waals surface area contributed by atoms with E-state index in [0.717, 1.165) is 60.2 Å². The molecule has 3 aromatic rings. The van der Waals surface area contributed by atoms with Crippen LogP contribution in [0, 0.1) is 0 Å². The zero-order valence-electron chi connectivity index (χ0n) is 20.5. The number of halogens is 3. The third-order valence-electron chi connectivity index (χ3n) is 6.99. The molecule has 1 aromatic heterocycles. The van der Waals surface area contributed by atoms with Gasteiger partial charge in [0.05, 0.1) is 15.6 Å². The summed E-state index contributed by atoms with van der Waals surface area (Å²) in [6, 6.07) is 11.1. The highest BCUT2D eigenvalue weighted by atomic mass is 35.5. The Labute approximate surface area is 237 Å². The predicted octanol–water partition coefficient (Wildman–Crippen LogP) is 8.98. The maximum absolute atomic E-state index is 13.5. The van der Waals surface area contributed by atoms with Crippen LogP contribution in [-0.4, -0.2) is 18.2 Å².